The zero-order valence-corrected chi connectivity index (χ0v) is 12.4. The Morgan fingerprint density at radius 3 is 2.86 bits per heavy atom. The number of hydrogen-bond acceptors (Lipinski definition) is 5. The topological polar surface area (TPSA) is 91.1 Å². The second-order valence-electron chi connectivity index (χ2n) is 5.73. The first kappa shape index (κ1) is 14.6. The van der Waals surface area contributed by atoms with Gasteiger partial charge in [0.15, 0.2) is 0 Å². The average Bonchev–Trinajstić information content (AvgIpc) is 3.19. The maximum atomic E-state index is 12.2. The molecule has 1 saturated carbocycles. The van der Waals surface area contributed by atoms with Crippen LogP contribution in [-0.4, -0.2) is 46.1 Å². The van der Waals surface area contributed by atoms with E-state index in [2.05, 4.69) is 15.3 Å². The Bertz CT molecular complexity index is 580. The van der Waals surface area contributed by atoms with E-state index in [0.717, 1.165) is 19.3 Å². The number of hydrogen-bond donors (Lipinski definition) is 1. The molecule has 1 unspecified atom stereocenters. The highest BCUT2D eigenvalue weighted by Gasteiger charge is 2.30. The summed E-state index contributed by atoms with van der Waals surface area (Å²) in [5.74, 6) is 0.244. The molecule has 1 N–H and O–H groups in total. The molecule has 2 fully saturated rings. The van der Waals surface area contributed by atoms with Crippen LogP contribution in [0.3, 0.4) is 0 Å². The summed E-state index contributed by atoms with van der Waals surface area (Å²) in [6, 6.07) is 2.26. The van der Waals surface area contributed by atoms with Crippen molar-refractivity contribution in [2.24, 2.45) is 0 Å². The SMILES string of the molecule is N#Cc1nccnc1OC1CCN(C(=O)NC2CCCC2)C1. The molecule has 1 aliphatic carbocycles. The average molecular weight is 301 g/mol. The van der Waals surface area contributed by atoms with Crippen LogP contribution >= 0.6 is 0 Å². The summed E-state index contributed by atoms with van der Waals surface area (Å²) in [5.41, 5.74) is 0.177. The number of aromatic nitrogens is 2. The molecule has 0 bridgehead atoms. The molecule has 22 heavy (non-hydrogen) atoms. The molecule has 3 rings (SSSR count). The Kier molecular flexibility index (Phi) is 4.37. The normalized spacial score (nSPS) is 21.6. The number of amides is 2. The number of urea groups is 1. The monoisotopic (exact) mass is 301 g/mol. The number of nitrogens with one attached hydrogen (secondary N) is 1. The van der Waals surface area contributed by atoms with Crippen LogP contribution in [0.5, 0.6) is 5.88 Å². The minimum Gasteiger partial charge on any atom is -0.470 e. The first-order chi connectivity index (χ1) is 10.8. The van der Waals surface area contributed by atoms with Crippen molar-refractivity contribution < 1.29 is 9.53 Å². The number of rotatable bonds is 3. The van der Waals surface area contributed by atoms with E-state index in [-0.39, 0.29) is 23.7 Å². The lowest BCUT2D eigenvalue weighted by molar-refractivity contribution is 0.180. The van der Waals surface area contributed by atoms with Gasteiger partial charge in [0.25, 0.3) is 5.88 Å². The Balaban J connectivity index is 1.53. The largest absolute Gasteiger partial charge is 0.470 e. The summed E-state index contributed by atoms with van der Waals surface area (Å²) < 4.78 is 5.73. The standard InChI is InChI=1S/C15H19N5O2/c16-9-13-14(18-7-6-17-13)22-12-5-8-20(10-12)15(21)19-11-3-1-2-4-11/h6-7,11-12H,1-5,8,10H2,(H,19,21). The number of carbonyl (C=O) groups is 1. The van der Waals surface area contributed by atoms with Crippen LogP contribution < -0.4 is 10.1 Å². The first-order valence-corrected chi connectivity index (χ1v) is 7.69. The Morgan fingerprint density at radius 1 is 1.32 bits per heavy atom. The van der Waals surface area contributed by atoms with Gasteiger partial charge in [-0.15, -0.1) is 0 Å². The lowest BCUT2D eigenvalue weighted by Gasteiger charge is -2.20. The van der Waals surface area contributed by atoms with Gasteiger partial charge in [0.2, 0.25) is 5.69 Å². The Hall–Kier alpha value is -2.36. The van der Waals surface area contributed by atoms with E-state index in [9.17, 15) is 4.79 Å². The van der Waals surface area contributed by atoms with Gasteiger partial charge >= 0.3 is 6.03 Å². The van der Waals surface area contributed by atoms with Gasteiger partial charge in [-0.1, -0.05) is 12.8 Å². The molecule has 2 amide bonds. The molecule has 1 aromatic rings. The van der Waals surface area contributed by atoms with Crippen LogP contribution in [0.2, 0.25) is 0 Å². The van der Waals surface area contributed by atoms with Crippen LogP contribution in [0.4, 0.5) is 4.79 Å². The van der Waals surface area contributed by atoms with Crippen molar-refractivity contribution >= 4 is 6.03 Å². The lowest BCUT2D eigenvalue weighted by Crippen LogP contribution is -2.43. The molecular formula is C15H19N5O2. The molecule has 1 saturated heterocycles. The molecule has 0 spiro atoms. The third-order valence-electron chi connectivity index (χ3n) is 4.16. The Morgan fingerprint density at radius 2 is 2.09 bits per heavy atom. The van der Waals surface area contributed by atoms with Gasteiger partial charge in [-0.05, 0) is 12.8 Å². The van der Waals surface area contributed by atoms with Crippen molar-refractivity contribution in [1.29, 1.82) is 5.26 Å². The summed E-state index contributed by atoms with van der Waals surface area (Å²) in [7, 11) is 0. The fraction of sp³-hybridized carbons (Fsp3) is 0.600. The van der Waals surface area contributed by atoms with Crippen LogP contribution in [0.15, 0.2) is 12.4 Å². The number of nitriles is 1. The predicted molar refractivity (Wildman–Crippen MR) is 78.1 cm³/mol. The van der Waals surface area contributed by atoms with Crippen molar-refractivity contribution in [1.82, 2.24) is 20.2 Å². The quantitative estimate of drug-likeness (QED) is 0.912. The summed E-state index contributed by atoms with van der Waals surface area (Å²) in [5, 5.41) is 12.1. The van der Waals surface area contributed by atoms with E-state index in [4.69, 9.17) is 10.00 Å². The van der Waals surface area contributed by atoms with Gasteiger partial charge in [-0.25, -0.2) is 14.8 Å². The fourth-order valence-electron chi connectivity index (χ4n) is 2.99. The highest BCUT2D eigenvalue weighted by Crippen LogP contribution is 2.20. The minimum atomic E-state index is -0.141. The molecule has 2 heterocycles. The number of carbonyl (C=O) groups excluding carboxylic acids is 1. The zero-order valence-electron chi connectivity index (χ0n) is 12.4. The van der Waals surface area contributed by atoms with Crippen LogP contribution in [-0.2, 0) is 0 Å². The van der Waals surface area contributed by atoms with E-state index in [0.29, 0.717) is 19.1 Å². The second-order valence-corrected chi connectivity index (χ2v) is 5.73. The van der Waals surface area contributed by atoms with Crippen molar-refractivity contribution in [3.8, 4) is 11.9 Å². The second kappa shape index (κ2) is 6.60. The summed E-state index contributed by atoms with van der Waals surface area (Å²) >= 11 is 0. The maximum absolute atomic E-state index is 12.2. The molecule has 7 nitrogen and oxygen atoms in total. The summed E-state index contributed by atoms with van der Waals surface area (Å²) in [6.07, 6.45) is 8.09. The van der Waals surface area contributed by atoms with Gasteiger partial charge < -0.3 is 15.0 Å². The van der Waals surface area contributed by atoms with Crippen molar-refractivity contribution in [3.63, 3.8) is 0 Å². The lowest BCUT2D eigenvalue weighted by atomic mass is 10.2. The van der Waals surface area contributed by atoms with Crippen molar-refractivity contribution in [2.45, 2.75) is 44.2 Å². The van der Waals surface area contributed by atoms with E-state index in [1.807, 2.05) is 6.07 Å². The first-order valence-electron chi connectivity index (χ1n) is 7.69. The molecular weight excluding hydrogens is 282 g/mol. The fourth-order valence-corrected chi connectivity index (χ4v) is 2.99. The highest BCUT2D eigenvalue weighted by molar-refractivity contribution is 5.74. The van der Waals surface area contributed by atoms with E-state index in [1.54, 1.807) is 4.90 Å². The molecule has 116 valence electrons. The van der Waals surface area contributed by atoms with E-state index in [1.165, 1.54) is 25.2 Å². The highest BCUT2D eigenvalue weighted by atomic mass is 16.5. The van der Waals surface area contributed by atoms with Gasteiger partial charge in [0, 0.05) is 31.4 Å². The molecule has 0 aromatic carbocycles. The zero-order chi connectivity index (χ0) is 15.4. The van der Waals surface area contributed by atoms with E-state index < -0.39 is 0 Å². The molecule has 1 aromatic heterocycles. The van der Waals surface area contributed by atoms with E-state index >= 15 is 0 Å². The summed E-state index contributed by atoms with van der Waals surface area (Å²) in [4.78, 5) is 21.9. The molecule has 1 aliphatic heterocycles. The van der Waals surface area contributed by atoms with Gasteiger partial charge in [-0.2, -0.15) is 5.26 Å². The van der Waals surface area contributed by atoms with Gasteiger partial charge in [0.05, 0.1) is 6.54 Å². The maximum Gasteiger partial charge on any atom is 0.317 e. The molecule has 7 heteroatoms. The van der Waals surface area contributed by atoms with Crippen molar-refractivity contribution in [3.05, 3.63) is 18.1 Å². The third kappa shape index (κ3) is 3.27. The van der Waals surface area contributed by atoms with Gasteiger partial charge in [-0.3, -0.25) is 0 Å². The smallest absolute Gasteiger partial charge is 0.317 e. The van der Waals surface area contributed by atoms with Gasteiger partial charge in [0.1, 0.15) is 12.2 Å². The third-order valence-corrected chi connectivity index (χ3v) is 4.16. The van der Waals surface area contributed by atoms with Crippen LogP contribution in [0.1, 0.15) is 37.8 Å². The van der Waals surface area contributed by atoms with Crippen LogP contribution in [0.25, 0.3) is 0 Å². The van der Waals surface area contributed by atoms with Crippen LogP contribution in [0, 0.1) is 11.3 Å². The predicted octanol–water partition coefficient (Wildman–Crippen LogP) is 1.45. The number of ether oxygens (including phenoxy) is 1. The molecule has 1 atom stereocenters. The molecule has 0 radical (unpaired) electrons. The summed E-state index contributed by atoms with van der Waals surface area (Å²) in [6.45, 7) is 1.17. The van der Waals surface area contributed by atoms with Crippen molar-refractivity contribution in [2.75, 3.05) is 13.1 Å². The number of nitrogens with zero attached hydrogens (tertiary/aromatic N) is 4. The Labute approximate surface area is 129 Å². The number of likely N-dealkylation sites (tertiary alicyclic amines) is 1. The molecule has 2 aliphatic rings. The minimum absolute atomic E-state index is 0.0161.